The van der Waals surface area contributed by atoms with Crippen LogP contribution in [0.5, 0.6) is 0 Å². The molecule has 0 atom stereocenters. The van der Waals surface area contributed by atoms with E-state index < -0.39 is 10.1 Å². The van der Waals surface area contributed by atoms with Crippen molar-refractivity contribution < 1.29 is 10.1 Å². The minimum absolute atomic E-state index is 0.297. The molecule has 15 heteroatoms. The Bertz CT molecular complexity index is 303. The van der Waals surface area contributed by atoms with Crippen LogP contribution in [0.2, 0.25) is 0 Å². The fourth-order valence-electron chi connectivity index (χ4n) is 0.530. The molecule has 1 heterocycles. The van der Waals surface area contributed by atoms with E-state index in [0.29, 0.717) is 0 Å². The van der Waals surface area contributed by atoms with E-state index in [4.69, 9.17) is 0 Å². The molecule has 11 N–H and O–H groups in total. The third kappa shape index (κ3) is 8.38. The first-order valence-corrected chi connectivity index (χ1v) is 3.49. The average Bonchev–Trinajstić information content (AvgIpc) is 2.69. The van der Waals surface area contributed by atoms with E-state index in [1.54, 1.807) is 10.9 Å². The van der Waals surface area contributed by atoms with Crippen LogP contribution in [0.15, 0.2) is 0 Å². The Morgan fingerprint density at radius 1 is 1.06 bits per heavy atom. The van der Waals surface area contributed by atoms with Gasteiger partial charge in [-0.3, -0.25) is 23.4 Å². The second kappa shape index (κ2) is 9.92. The summed E-state index contributed by atoms with van der Waals surface area (Å²) in [4.78, 5) is 23.0. The zero-order valence-electron chi connectivity index (χ0n) is 8.23. The minimum atomic E-state index is -0.890. The van der Waals surface area contributed by atoms with E-state index in [1.807, 2.05) is 0 Å². The van der Waals surface area contributed by atoms with E-state index in [-0.39, 0.29) is 11.9 Å². The van der Waals surface area contributed by atoms with Gasteiger partial charge >= 0.3 is 5.95 Å². The molecular formula is C2H11N11O4. The van der Waals surface area contributed by atoms with E-state index in [1.165, 1.54) is 0 Å². The number of anilines is 2. The molecule has 1 aromatic rings. The van der Waals surface area contributed by atoms with E-state index >= 15 is 0 Å². The summed E-state index contributed by atoms with van der Waals surface area (Å²) in [6.45, 7) is 0. The lowest BCUT2D eigenvalue weighted by Crippen LogP contribution is -2.10. The van der Waals surface area contributed by atoms with Gasteiger partial charge in [-0.25, -0.2) is 25.3 Å². The number of hydrogen-bond donors (Lipinski definition) is 7. The van der Waals surface area contributed by atoms with Gasteiger partial charge in [-0.1, -0.05) is 10.9 Å². The van der Waals surface area contributed by atoms with Crippen LogP contribution < -0.4 is 34.2 Å². The molecule has 0 fully saturated rings. The number of aromatic nitrogens is 3. The predicted molar refractivity (Wildman–Crippen MR) is 54.4 cm³/mol. The first-order chi connectivity index (χ1) is 8.08. The summed E-state index contributed by atoms with van der Waals surface area (Å²) in [6, 6.07) is 0. The van der Waals surface area contributed by atoms with E-state index in [9.17, 15) is 20.2 Å². The number of hydrogen-bond acceptors (Lipinski definition) is 10. The summed E-state index contributed by atoms with van der Waals surface area (Å²) in [5.41, 5.74) is 3.23. The topological polar surface area (TPSA) is 256 Å². The van der Waals surface area contributed by atoms with Crippen molar-refractivity contribution in [2.45, 2.75) is 0 Å². The molecule has 0 spiro atoms. The summed E-state index contributed by atoms with van der Waals surface area (Å²) >= 11 is 0. The van der Waals surface area contributed by atoms with Gasteiger partial charge in [-0.2, -0.15) is 4.98 Å². The van der Waals surface area contributed by atoms with Crippen LogP contribution in [0.4, 0.5) is 11.9 Å². The second-order valence-corrected chi connectivity index (χ2v) is 1.75. The Balaban J connectivity index is 0. The van der Waals surface area contributed by atoms with Crippen LogP contribution in [0.25, 0.3) is 0 Å². The van der Waals surface area contributed by atoms with Gasteiger partial charge in [0.05, 0.1) is 0 Å². The van der Waals surface area contributed by atoms with Gasteiger partial charge in [0.2, 0.25) is 0 Å². The highest BCUT2D eigenvalue weighted by atomic mass is 16.7. The Labute approximate surface area is 92.7 Å². The van der Waals surface area contributed by atoms with Gasteiger partial charge in [0.15, 0.2) is 10.1 Å². The Kier molecular flexibility index (Phi) is 9.80. The molecule has 0 aliphatic heterocycles. The lowest BCUT2D eigenvalue weighted by molar-refractivity contribution is -0.446. The second-order valence-electron chi connectivity index (χ2n) is 1.75. The number of aromatic amines is 1. The Morgan fingerprint density at radius 3 is 1.94 bits per heavy atom. The maximum atomic E-state index is 9.85. The van der Waals surface area contributed by atoms with Crippen LogP contribution in [0, 0.1) is 20.2 Å². The molecule has 0 saturated heterocycles. The average molecular weight is 253 g/mol. The molecule has 1 rings (SSSR count). The molecular weight excluding hydrogens is 242 g/mol. The Morgan fingerprint density at radius 2 is 1.53 bits per heavy atom. The number of nitrogens with one attached hydrogen (secondary N) is 3. The van der Waals surface area contributed by atoms with Gasteiger partial charge in [-0.15, -0.1) is 5.10 Å². The molecule has 0 amide bonds. The standard InChI is InChI=1S/C2H3N7O4.2H4N2/c10-8(11)6-1-3-2(5-4-1)7-9(12)13;2*1-2/h(H3,3,4,5,6,7);2*1-2H2. The van der Waals surface area contributed by atoms with Gasteiger partial charge in [0.1, 0.15) is 0 Å². The third-order valence-corrected chi connectivity index (χ3v) is 0.874. The molecule has 17 heavy (non-hydrogen) atoms. The molecule has 0 radical (unpaired) electrons. The summed E-state index contributed by atoms with van der Waals surface area (Å²) in [6.07, 6.45) is 0. The van der Waals surface area contributed by atoms with Gasteiger partial charge in [-0.05, 0) is 0 Å². The summed E-state index contributed by atoms with van der Waals surface area (Å²) < 4.78 is 0. The molecule has 98 valence electrons. The summed E-state index contributed by atoms with van der Waals surface area (Å²) in [5, 5.41) is 23.2. The number of nitrogens with zero attached hydrogens (tertiary/aromatic N) is 4. The first-order valence-electron chi connectivity index (χ1n) is 3.49. The highest BCUT2D eigenvalue weighted by molar-refractivity contribution is 5.29. The van der Waals surface area contributed by atoms with Crippen LogP contribution in [-0.4, -0.2) is 25.2 Å². The number of nitro groups is 2. The maximum absolute atomic E-state index is 9.85. The molecule has 15 nitrogen and oxygen atoms in total. The van der Waals surface area contributed by atoms with Gasteiger partial charge in [0.25, 0.3) is 5.95 Å². The zero-order valence-corrected chi connectivity index (χ0v) is 8.23. The van der Waals surface area contributed by atoms with E-state index in [2.05, 4.69) is 38.6 Å². The fraction of sp³-hybridized carbons (Fsp3) is 0. The van der Waals surface area contributed by atoms with Crippen molar-refractivity contribution in [3.8, 4) is 0 Å². The van der Waals surface area contributed by atoms with Crippen LogP contribution in [-0.2, 0) is 0 Å². The largest absolute Gasteiger partial charge is 0.305 e. The number of hydrazine groups is 4. The zero-order chi connectivity index (χ0) is 13.8. The van der Waals surface area contributed by atoms with Crippen molar-refractivity contribution in [1.29, 1.82) is 0 Å². The van der Waals surface area contributed by atoms with Gasteiger partial charge < -0.3 is 0 Å². The molecule has 0 unspecified atom stereocenters. The predicted octanol–water partition coefficient (Wildman–Crippen LogP) is -3.35. The lowest BCUT2D eigenvalue weighted by Gasteiger charge is -1.87. The lowest BCUT2D eigenvalue weighted by atomic mass is 11.0. The summed E-state index contributed by atoms with van der Waals surface area (Å²) in [7, 11) is 0. The van der Waals surface area contributed by atoms with Crippen molar-refractivity contribution in [2.24, 2.45) is 23.4 Å². The minimum Gasteiger partial charge on any atom is -0.274 e. The Hall–Kier alpha value is -2.62. The van der Waals surface area contributed by atoms with Crippen molar-refractivity contribution in [3.05, 3.63) is 20.2 Å². The summed E-state index contributed by atoms with van der Waals surface area (Å²) in [5.74, 6) is 15.3. The van der Waals surface area contributed by atoms with Crippen molar-refractivity contribution in [3.63, 3.8) is 0 Å². The highest BCUT2D eigenvalue weighted by Crippen LogP contribution is 2.01. The molecule has 0 saturated carbocycles. The van der Waals surface area contributed by atoms with Gasteiger partial charge in [0, 0.05) is 0 Å². The molecule has 0 aromatic carbocycles. The normalized spacial score (nSPS) is 7.76. The number of H-pyrrole nitrogens is 1. The number of rotatable bonds is 4. The van der Waals surface area contributed by atoms with Crippen molar-refractivity contribution in [1.82, 2.24) is 15.2 Å². The first kappa shape index (κ1) is 16.8. The van der Waals surface area contributed by atoms with Crippen LogP contribution in [0.1, 0.15) is 0 Å². The molecule has 0 aliphatic carbocycles. The third-order valence-electron chi connectivity index (χ3n) is 0.874. The van der Waals surface area contributed by atoms with Crippen LogP contribution in [0.3, 0.4) is 0 Å². The van der Waals surface area contributed by atoms with Crippen molar-refractivity contribution >= 4 is 11.9 Å². The monoisotopic (exact) mass is 253 g/mol. The van der Waals surface area contributed by atoms with Crippen molar-refractivity contribution in [2.75, 3.05) is 10.9 Å². The molecule has 1 aromatic heterocycles. The van der Waals surface area contributed by atoms with Crippen LogP contribution >= 0.6 is 0 Å². The van der Waals surface area contributed by atoms with E-state index in [0.717, 1.165) is 0 Å². The fourth-order valence-corrected chi connectivity index (χ4v) is 0.530. The quantitative estimate of drug-likeness (QED) is 0.157. The smallest absolute Gasteiger partial charge is 0.274 e. The SMILES string of the molecule is NN.NN.O=[N+]([O-])Nc1n[nH]c(N[N+](=O)[O-])n1. The number of nitrogens with two attached hydrogens (primary N) is 4. The maximum Gasteiger partial charge on any atom is 0.305 e. The molecule has 0 aliphatic rings. The molecule has 0 bridgehead atoms. The highest BCUT2D eigenvalue weighted by Gasteiger charge is 2.09.